The van der Waals surface area contributed by atoms with E-state index in [1.807, 2.05) is 25.9 Å². The van der Waals surface area contributed by atoms with Crippen molar-refractivity contribution in [3.05, 3.63) is 0 Å². The molecule has 2 unspecified atom stereocenters. The average molecular weight is 384 g/mol. The topological polar surface area (TPSA) is 60.0 Å². The van der Waals surface area contributed by atoms with Gasteiger partial charge in [0.2, 0.25) is 5.91 Å². The standard InChI is InChI=1S/C19H37N5OS/c1-5-20-18(22-15-19(2)10-7-14-26-19)21-11-8-13-24-12-6-9-16(24)17(25)23(3)4/h16H,5-15H2,1-4H3,(H2,20,21,22). The van der Waals surface area contributed by atoms with Gasteiger partial charge in [-0.2, -0.15) is 11.8 Å². The normalized spacial score (nSPS) is 26.9. The van der Waals surface area contributed by atoms with Crippen molar-refractivity contribution in [1.29, 1.82) is 0 Å². The molecular formula is C19H37N5OS. The van der Waals surface area contributed by atoms with Crippen LogP contribution in [0.3, 0.4) is 0 Å². The monoisotopic (exact) mass is 383 g/mol. The molecule has 6 nitrogen and oxygen atoms in total. The van der Waals surface area contributed by atoms with E-state index < -0.39 is 0 Å². The summed E-state index contributed by atoms with van der Waals surface area (Å²) in [7, 11) is 3.70. The average Bonchev–Trinajstić information content (AvgIpc) is 3.25. The largest absolute Gasteiger partial charge is 0.357 e. The molecule has 2 atom stereocenters. The number of rotatable bonds is 8. The molecular weight excluding hydrogens is 346 g/mol. The van der Waals surface area contributed by atoms with Crippen molar-refractivity contribution in [1.82, 2.24) is 20.4 Å². The molecule has 0 saturated carbocycles. The second kappa shape index (κ2) is 10.4. The number of carbonyl (C=O) groups excluding carboxylic acids is 1. The van der Waals surface area contributed by atoms with E-state index in [1.165, 1.54) is 18.6 Å². The summed E-state index contributed by atoms with van der Waals surface area (Å²) in [5.41, 5.74) is 0. The molecule has 2 saturated heterocycles. The predicted molar refractivity (Wildman–Crippen MR) is 112 cm³/mol. The highest BCUT2D eigenvalue weighted by Crippen LogP contribution is 2.37. The number of nitrogens with zero attached hydrogens (tertiary/aromatic N) is 3. The molecule has 0 radical (unpaired) electrons. The van der Waals surface area contributed by atoms with Gasteiger partial charge in [-0.15, -0.1) is 0 Å². The molecule has 150 valence electrons. The molecule has 0 aromatic carbocycles. The molecule has 2 aliphatic heterocycles. The molecule has 2 N–H and O–H groups in total. The molecule has 2 heterocycles. The summed E-state index contributed by atoms with van der Waals surface area (Å²) in [6.45, 7) is 9.06. The summed E-state index contributed by atoms with van der Waals surface area (Å²) in [5, 5.41) is 6.81. The number of aliphatic imine (C=N–C) groups is 1. The number of likely N-dealkylation sites (tertiary alicyclic amines) is 1. The molecule has 0 bridgehead atoms. The number of hydrogen-bond acceptors (Lipinski definition) is 4. The first-order valence-corrected chi connectivity index (χ1v) is 11.0. The van der Waals surface area contributed by atoms with Crippen LogP contribution in [-0.4, -0.2) is 85.0 Å². The Balaban J connectivity index is 1.74. The fourth-order valence-electron chi connectivity index (χ4n) is 3.71. The molecule has 2 fully saturated rings. The Hall–Kier alpha value is -0.950. The first-order valence-electron chi connectivity index (χ1n) is 10.1. The van der Waals surface area contributed by atoms with Crippen LogP contribution < -0.4 is 10.6 Å². The van der Waals surface area contributed by atoms with Crippen LogP contribution in [0.15, 0.2) is 4.99 Å². The van der Waals surface area contributed by atoms with Crippen LogP contribution in [0.25, 0.3) is 0 Å². The van der Waals surface area contributed by atoms with Gasteiger partial charge in [-0.3, -0.25) is 14.7 Å². The van der Waals surface area contributed by atoms with Gasteiger partial charge in [-0.05, 0) is 58.2 Å². The van der Waals surface area contributed by atoms with E-state index in [9.17, 15) is 4.79 Å². The first kappa shape index (κ1) is 21.4. The molecule has 1 amide bonds. The number of thioether (sulfide) groups is 1. The maximum atomic E-state index is 12.3. The van der Waals surface area contributed by atoms with Crippen molar-refractivity contribution in [3.8, 4) is 0 Å². The second-order valence-electron chi connectivity index (χ2n) is 7.80. The van der Waals surface area contributed by atoms with E-state index in [0.717, 1.165) is 57.9 Å². The fraction of sp³-hybridized carbons (Fsp3) is 0.895. The van der Waals surface area contributed by atoms with E-state index in [1.54, 1.807) is 4.90 Å². The van der Waals surface area contributed by atoms with Crippen molar-refractivity contribution in [2.75, 3.05) is 52.6 Å². The fourth-order valence-corrected chi connectivity index (χ4v) is 4.94. The smallest absolute Gasteiger partial charge is 0.239 e. The van der Waals surface area contributed by atoms with Gasteiger partial charge in [0.1, 0.15) is 0 Å². The maximum absolute atomic E-state index is 12.3. The van der Waals surface area contributed by atoms with Crippen molar-refractivity contribution < 1.29 is 4.79 Å². The number of carbonyl (C=O) groups is 1. The van der Waals surface area contributed by atoms with Gasteiger partial charge in [-0.25, -0.2) is 0 Å². The third-order valence-corrected chi connectivity index (χ3v) is 6.74. The molecule has 0 aromatic heterocycles. The van der Waals surface area contributed by atoms with Gasteiger partial charge in [0, 0.05) is 38.5 Å². The Labute approximate surface area is 163 Å². The SMILES string of the molecule is CCNC(=NCC1(C)CCCS1)NCCCN1CCCC1C(=O)N(C)C. The molecule has 2 aliphatic rings. The Morgan fingerprint density at radius 3 is 2.81 bits per heavy atom. The van der Waals surface area contributed by atoms with Gasteiger partial charge < -0.3 is 15.5 Å². The zero-order valence-corrected chi connectivity index (χ0v) is 17.8. The van der Waals surface area contributed by atoms with Crippen LogP contribution in [0.5, 0.6) is 0 Å². The first-order chi connectivity index (χ1) is 12.4. The Morgan fingerprint density at radius 2 is 2.15 bits per heavy atom. The second-order valence-corrected chi connectivity index (χ2v) is 9.49. The predicted octanol–water partition coefficient (Wildman–Crippen LogP) is 1.77. The lowest BCUT2D eigenvalue weighted by molar-refractivity contribution is -0.133. The summed E-state index contributed by atoms with van der Waals surface area (Å²) >= 11 is 2.05. The molecule has 0 aliphatic carbocycles. The van der Waals surface area contributed by atoms with Gasteiger partial charge in [0.25, 0.3) is 0 Å². The number of guanidine groups is 1. The Bertz CT molecular complexity index is 477. The summed E-state index contributed by atoms with van der Waals surface area (Å²) in [6, 6.07) is 0.0752. The zero-order valence-electron chi connectivity index (χ0n) is 17.0. The molecule has 2 rings (SSSR count). The summed E-state index contributed by atoms with van der Waals surface area (Å²) in [4.78, 5) is 21.1. The van der Waals surface area contributed by atoms with Gasteiger partial charge >= 0.3 is 0 Å². The van der Waals surface area contributed by atoms with E-state index >= 15 is 0 Å². The van der Waals surface area contributed by atoms with Crippen LogP contribution in [0.1, 0.15) is 46.0 Å². The maximum Gasteiger partial charge on any atom is 0.239 e. The summed E-state index contributed by atoms with van der Waals surface area (Å²) in [5.74, 6) is 2.43. The highest BCUT2D eigenvalue weighted by atomic mass is 32.2. The van der Waals surface area contributed by atoms with Gasteiger partial charge in [0.05, 0.1) is 12.6 Å². The van der Waals surface area contributed by atoms with E-state index in [-0.39, 0.29) is 11.9 Å². The molecule has 26 heavy (non-hydrogen) atoms. The molecule has 0 spiro atoms. The van der Waals surface area contributed by atoms with Crippen molar-refractivity contribution >= 4 is 23.6 Å². The van der Waals surface area contributed by atoms with Gasteiger partial charge in [0.15, 0.2) is 5.96 Å². The number of nitrogens with one attached hydrogen (secondary N) is 2. The van der Waals surface area contributed by atoms with Crippen LogP contribution in [0.4, 0.5) is 0 Å². The van der Waals surface area contributed by atoms with Crippen LogP contribution in [0.2, 0.25) is 0 Å². The van der Waals surface area contributed by atoms with Crippen LogP contribution in [0, 0.1) is 0 Å². The Kier molecular flexibility index (Phi) is 8.54. The number of hydrogen-bond donors (Lipinski definition) is 2. The lowest BCUT2D eigenvalue weighted by Gasteiger charge is -2.26. The number of likely N-dealkylation sites (N-methyl/N-ethyl adjacent to an activating group) is 1. The minimum Gasteiger partial charge on any atom is -0.357 e. The highest BCUT2D eigenvalue weighted by Gasteiger charge is 2.31. The quantitative estimate of drug-likeness (QED) is 0.380. The van der Waals surface area contributed by atoms with E-state index in [2.05, 4.69) is 29.4 Å². The molecule has 0 aromatic rings. The van der Waals surface area contributed by atoms with Crippen molar-refractivity contribution in [3.63, 3.8) is 0 Å². The Morgan fingerprint density at radius 1 is 1.35 bits per heavy atom. The summed E-state index contributed by atoms with van der Waals surface area (Å²) < 4.78 is 0.303. The molecule has 7 heteroatoms. The minimum absolute atomic E-state index is 0.0752. The third kappa shape index (κ3) is 6.34. The van der Waals surface area contributed by atoms with Gasteiger partial charge in [-0.1, -0.05) is 0 Å². The minimum atomic E-state index is 0.0752. The van der Waals surface area contributed by atoms with E-state index in [0.29, 0.717) is 4.75 Å². The van der Waals surface area contributed by atoms with Crippen molar-refractivity contribution in [2.45, 2.75) is 56.7 Å². The zero-order chi connectivity index (χ0) is 19.0. The summed E-state index contributed by atoms with van der Waals surface area (Å²) in [6.07, 6.45) is 5.70. The van der Waals surface area contributed by atoms with Crippen LogP contribution >= 0.6 is 11.8 Å². The lowest BCUT2D eigenvalue weighted by atomic mass is 10.1. The lowest BCUT2D eigenvalue weighted by Crippen LogP contribution is -2.44. The highest BCUT2D eigenvalue weighted by molar-refractivity contribution is 8.00. The van der Waals surface area contributed by atoms with E-state index in [4.69, 9.17) is 4.99 Å². The van der Waals surface area contributed by atoms with Crippen LogP contribution in [-0.2, 0) is 4.79 Å². The van der Waals surface area contributed by atoms with Crippen molar-refractivity contribution in [2.24, 2.45) is 4.99 Å². The number of amides is 1. The third-order valence-electron chi connectivity index (χ3n) is 5.22.